The minimum Gasteiger partial charge on any atom is -0.481 e. The van der Waals surface area contributed by atoms with Gasteiger partial charge in [-0.2, -0.15) is 5.26 Å². The molecular formula is C18H17BrN2O4. The number of benzene rings is 2. The Morgan fingerprint density at radius 3 is 2.72 bits per heavy atom. The molecule has 0 unspecified atom stereocenters. The van der Waals surface area contributed by atoms with Crippen molar-refractivity contribution in [1.29, 1.82) is 5.26 Å². The summed E-state index contributed by atoms with van der Waals surface area (Å²) in [6, 6.07) is 13.4. The molecule has 0 fully saturated rings. The van der Waals surface area contributed by atoms with Crippen molar-refractivity contribution in [3.63, 3.8) is 0 Å². The molecule has 0 aromatic heterocycles. The van der Waals surface area contributed by atoms with Crippen molar-refractivity contribution in [1.82, 2.24) is 4.90 Å². The number of carbonyl (C=O) groups excluding carboxylic acids is 2. The average Bonchev–Trinajstić information content (AvgIpc) is 2.63. The van der Waals surface area contributed by atoms with E-state index in [-0.39, 0.29) is 25.5 Å². The van der Waals surface area contributed by atoms with Crippen LogP contribution in [0.25, 0.3) is 10.8 Å². The third-order valence-electron chi connectivity index (χ3n) is 3.51. The Morgan fingerprint density at radius 1 is 1.20 bits per heavy atom. The summed E-state index contributed by atoms with van der Waals surface area (Å²) in [5.74, 6) is -0.481. The van der Waals surface area contributed by atoms with Gasteiger partial charge in [-0.15, -0.1) is 0 Å². The van der Waals surface area contributed by atoms with Gasteiger partial charge in [-0.05, 0) is 32.8 Å². The van der Waals surface area contributed by atoms with E-state index in [2.05, 4.69) is 15.9 Å². The van der Waals surface area contributed by atoms with Gasteiger partial charge in [0.15, 0.2) is 13.2 Å². The Bertz CT molecular complexity index is 816. The summed E-state index contributed by atoms with van der Waals surface area (Å²) in [5.41, 5.74) is 0. The van der Waals surface area contributed by atoms with Crippen LogP contribution >= 0.6 is 15.9 Å². The minimum absolute atomic E-state index is 0.231. The highest BCUT2D eigenvalue weighted by atomic mass is 79.9. The van der Waals surface area contributed by atoms with Crippen LogP contribution in [0.3, 0.4) is 0 Å². The van der Waals surface area contributed by atoms with Crippen LogP contribution in [0.5, 0.6) is 5.75 Å². The quantitative estimate of drug-likeness (QED) is 0.662. The first-order valence-electron chi connectivity index (χ1n) is 7.59. The van der Waals surface area contributed by atoms with E-state index in [0.29, 0.717) is 12.3 Å². The summed E-state index contributed by atoms with van der Waals surface area (Å²) in [7, 11) is 1.55. The summed E-state index contributed by atoms with van der Waals surface area (Å²) < 4.78 is 11.1. The first kappa shape index (κ1) is 18.7. The molecule has 0 saturated heterocycles. The topological polar surface area (TPSA) is 79.6 Å². The normalized spacial score (nSPS) is 10.1. The summed E-state index contributed by atoms with van der Waals surface area (Å²) in [6.07, 6.45) is 0.231. The molecule has 0 atom stereocenters. The SMILES string of the molecule is CN(CCC#N)C(=O)COC(=O)COc1ccc2ccccc2c1Br. The number of carbonyl (C=O) groups is 2. The summed E-state index contributed by atoms with van der Waals surface area (Å²) in [6.45, 7) is -0.372. The number of fused-ring (bicyclic) bond motifs is 1. The van der Waals surface area contributed by atoms with Crippen molar-refractivity contribution >= 4 is 38.6 Å². The van der Waals surface area contributed by atoms with Crippen molar-refractivity contribution in [2.24, 2.45) is 0 Å². The lowest BCUT2D eigenvalue weighted by molar-refractivity contribution is -0.153. The maximum atomic E-state index is 11.7. The van der Waals surface area contributed by atoms with Gasteiger partial charge in [0.25, 0.3) is 5.91 Å². The van der Waals surface area contributed by atoms with E-state index in [1.54, 1.807) is 13.1 Å². The van der Waals surface area contributed by atoms with E-state index in [1.807, 2.05) is 36.4 Å². The highest BCUT2D eigenvalue weighted by molar-refractivity contribution is 9.10. The molecule has 0 N–H and O–H groups in total. The van der Waals surface area contributed by atoms with Gasteiger partial charge < -0.3 is 14.4 Å². The number of esters is 1. The lowest BCUT2D eigenvalue weighted by Gasteiger charge is -2.15. The van der Waals surface area contributed by atoms with Gasteiger partial charge in [0.2, 0.25) is 0 Å². The van der Waals surface area contributed by atoms with Crippen LogP contribution in [0.15, 0.2) is 40.9 Å². The van der Waals surface area contributed by atoms with Crippen LogP contribution in [0, 0.1) is 11.3 Å². The average molecular weight is 405 g/mol. The van der Waals surface area contributed by atoms with E-state index in [4.69, 9.17) is 14.7 Å². The van der Waals surface area contributed by atoms with Gasteiger partial charge in [0.05, 0.1) is 17.0 Å². The van der Waals surface area contributed by atoms with E-state index < -0.39 is 5.97 Å². The van der Waals surface area contributed by atoms with Gasteiger partial charge in [-0.1, -0.05) is 30.3 Å². The molecule has 0 aliphatic carbocycles. The van der Waals surface area contributed by atoms with Crippen LogP contribution in [0.2, 0.25) is 0 Å². The molecule has 7 heteroatoms. The fourth-order valence-electron chi connectivity index (χ4n) is 2.10. The molecule has 2 rings (SSSR count). The van der Waals surface area contributed by atoms with Crippen molar-refractivity contribution in [2.45, 2.75) is 6.42 Å². The molecule has 6 nitrogen and oxygen atoms in total. The zero-order valence-electron chi connectivity index (χ0n) is 13.7. The molecule has 0 heterocycles. The molecule has 0 bridgehead atoms. The highest BCUT2D eigenvalue weighted by Gasteiger charge is 2.13. The van der Waals surface area contributed by atoms with Gasteiger partial charge in [-0.3, -0.25) is 4.79 Å². The van der Waals surface area contributed by atoms with Crippen molar-refractivity contribution in [3.8, 4) is 11.8 Å². The third kappa shape index (κ3) is 5.19. The Kier molecular flexibility index (Phi) is 6.78. The van der Waals surface area contributed by atoms with E-state index in [0.717, 1.165) is 15.2 Å². The van der Waals surface area contributed by atoms with E-state index >= 15 is 0 Å². The van der Waals surface area contributed by atoms with Gasteiger partial charge in [0, 0.05) is 13.6 Å². The van der Waals surface area contributed by atoms with Crippen LogP contribution in [-0.2, 0) is 14.3 Å². The number of hydrogen-bond acceptors (Lipinski definition) is 5. The number of halogens is 1. The molecule has 2 aromatic carbocycles. The predicted octanol–water partition coefficient (Wildman–Crippen LogP) is 2.90. The molecule has 0 aliphatic heterocycles. The van der Waals surface area contributed by atoms with Crippen LogP contribution in [0.4, 0.5) is 0 Å². The highest BCUT2D eigenvalue weighted by Crippen LogP contribution is 2.32. The van der Waals surface area contributed by atoms with Crippen molar-refractivity contribution < 1.29 is 19.1 Å². The zero-order chi connectivity index (χ0) is 18.2. The molecule has 25 heavy (non-hydrogen) atoms. The Labute approximate surface area is 154 Å². The number of nitriles is 1. The standard InChI is InChI=1S/C18H17BrN2O4/c1-21(10-4-9-20)16(22)11-25-17(23)12-24-15-8-7-13-5-2-3-6-14(13)18(15)19/h2-3,5-8H,4,10-12H2,1H3. The van der Waals surface area contributed by atoms with E-state index in [1.165, 1.54) is 4.90 Å². The molecule has 0 spiro atoms. The van der Waals surface area contributed by atoms with Gasteiger partial charge >= 0.3 is 5.97 Å². The third-order valence-corrected chi connectivity index (χ3v) is 4.33. The zero-order valence-corrected chi connectivity index (χ0v) is 15.3. The van der Waals surface area contributed by atoms with Crippen LogP contribution < -0.4 is 4.74 Å². The number of hydrogen-bond donors (Lipinski definition) is 0. The second-order valence-electron chi connectivity index (χ2n) is 5.27. The Hall–Kier alpha value is -2.59. The lowest BCUT2D eigenvalue weighted by Crippen LogP contribution is -2.32. The molecule has 0 aliphatic rings. The molecule has 2 aromatic rings. The van der Waals surface area contributed by atoms with Crippen LogP contribution in [-0.4, -0.2) is 43.6 Å². The second kappa shape index (κ2) is 9.04. The van der Waals surface area contributed by atoms with Gasteiger partial charge in [0.1, 0.15) is 5.75 Å². The van der Waals surface area contributed by atoms with Crippen LogP contribution in [0.1, 0.15) is 6.42 Å². The molecule has 0 radical (unpaired) electrons. The lowest BCUT2D eigenvalue weighted by atomic mass is 10.1. The maximum absolute atomic E-state index is 11.7. The number of rotatable bonds is 7. The fraction of sp³-hybridized carbons (Fsp3) is 0.278. The van der Waals surface area contributed by atoms with Crippen molar-refractivity contribution in [3.05, 3.63) is 40.9 Å². The van der Waals surface area contributed by atoms with Crippen molar-refractivity contribution in [2.75, 3.05) is 26.8 Å². The predicted molar refractivity (Wildman–Crippen MR) is 96.0 cm³/mol. The molecule has 0 saturated carbocycles. The summed E-state index contributed by atoms with van der Waals surface area (Å²) >= 11 is 3.47. The number of nitrogens with zero attached hydrogens (tertiary/aromatic N) is 2. The molecule has 130 valence electrons. The minimum atomic E-state index is -0.637. The first-order valence-corrected chi connectivity index (χ1v) is 8.39. The number of amides is 1. The summed E-state index contributed by atoms with van der Waals surface area (Å²) in [4.78, 5) is 24.8. The Balaban J connectivity index is 1.85. The number of likely N-dealkylation sites (N-methyl/N-ethyl adjacent to an activating group) is 1. The monoisotopic (exact) mass is 404 g/mol. The van der Waals surface area contributed by atoms with Gasteiger partial charge in [-0.25, -0.2) is 4.79 Å². The summed E-state index contributed by atoms with van der Waals surface area (Å²) in [5, 5.41) is 10.5. The molecule has 1 amide bonds. The van der Waals surface area contributed by atoms with E-state index in [9.17, 15) is 9.59 Å². The second-order valence-corrected chi connectivity index (χ2v) is 6.06. The maximum Gasteiger partial charge on any atom is 0.344 e. The Morgan fingerprint density at radius 2 is 1.96 bits per heavy atom. The largest absolute Gasteiger partial charge is 0.481 e. The smallest absolute Gasteiger partial charge is 0.344 e. The first-order chi connectivity index (χ1) is 12.0. The number of ether oxygens (including phenoxy) is 2. The molecular weight excluding hydrogens is 388 g/mol. The fourth-order valence-corrected chi connectivity index (χ4v) is 2.71.